The Labute approximate surface area is 111 Å². The van der Waals surface area contributed by atoms with Gasteiger partial charge in [0.15, 0.2) is 0 Å². The first kappa shape index (κ1) is 12.9. The Kier molecular flexibility index (Phi) is 4.20. The Morgan fingerprint density at radius 1 is 1.44 bits per heavy atom. The minimum atomic E-state index is -0.231. The number of aryl methyl sites for hydroxylation is 3. The SMILES string of the molecule is CCOC(=O)c1c(C)ccn1CCc1ccsc1. The van der Waals surface area contributed by atoms with E-state index in [1.54, 1.807) is 11.3 Å². The molecule has 2 rings (SSSR count). The molecule has 0 unspecified atom stereocenters. The van der Waals surface area contributed by atoms with Gasteiger partial charge in [0, 0.05) is 12.7 Å². The topological polar surface area (TPSA) is 31.2 Å². The van der Waals surface area contributed by atoms with E-state index in [1.807, 2.05) is 30.7 Å². The number of aromatic nitrogens is 1. The first-order valence-corrected chi connectivity index (χ1v) is 7.00. The number of thiophene rings is 1. The Balaban J connectivity index is 2.10. The molecule has 0 fully saturated rings. The zero-order valence-electron chi connectivity index (χ0n) is 10.7. The number of esters is 1. The van der Waals surface area contributed by atoms with E-state index in [0.717, 1.165) is 18.5 Å². The lowest BCUT2D eigenvalue weighted by molar-refractivity contribution is 0.0513. The minimum Gasteiger partial charge on any atom is -0.461 e. The fourth-order valence-corrected chi connectivity index (χ4v) is 2.63. The van der Waals surface area contributed by atoms with Crippen LogP contribution in [0.4, 0.5) is 0 Å². The predicted molar refractivity (Wildman–Crippen MR) is 73.1 cm³/mol. The molecule has 2 aromatic heterocycles. The van der Waals surface area contributed by atoms with Crippen molar-refractivity contribution in [1.82, 2.24) is 4.57 Å². The molecular formula is C14H17NO2S. The van der Waals surface area contributed by atoms with Crippen molar-refractivity contribution in [2.24, 2.45) is 0 Å². The Bertz CT molecular complexity index is 514. The van der Waals surface area contributed by atoms with E-state index in [9.17, 15) is 4.79 Å². The summed E-state index contributed by atoms with van der Waals surface area (Å²) in [5, 5.41) is 4.21. The van der Waals surface area contributed by atoms with E-state index in [0.29, 0.717) is 12.3 Å². The van der Waals surface area contributed by atoms with Crippen LogP contribution in [-0.2, 0) is 17.7 Å². The molecule has 0 aromatic carbocycles. The zero-order chi connectivity index (χ0) is 13.0. The van der Waals surface area contributed by atoms with Gasteiger partial charge in [-0.15, -0.1) is 0 Å². The van der Waals surface area contributed by atoms with Crippen LogP contribution < -0.4 is 0 Å². The lowest BCUT2D eigenvalue weighted by Crippen LogP contribution is -2.14. The summed E-state index contributed by atoms with van der Waals surface area (Å²) in [4.78, 5) is 11.9. The number of rotatable bonds is 5. The summed E-state index contributed by atoms with van der Waals surface area (Å²) >= 11 is 1.70. The second-order valence-electron chi connectivity index (χ2n) is 4.14. The molecule has 2 heterocycles. The van der Waals surface area contributed by atoms with Gasteiger partial charge in [-0.1, -0.05) is 0 Å². The smallest absolute Gasteiger partial charge is 0.355 e. The van der Waals surface area contributed by atoms with Crippen LogP contribution in [0.1, 0.15) is 28.5 Å². The molecule has 2 aromatic rings. The molecule has 0 spiro atoms. The zero-order valence-corrected chi connectivity index (χ0v) is 11.5. The molecular weight excluding hydrogens is 246 g/mol. The van der Waals surface area contributed by atoms with Crippen LogP contribution >= 0.6 is 11.3 Å². The second-order valence-corrected chi connectivity index (χ2v) is 4.92. The van der Waals surface area contributed by atoms with E-state index in [4.69, 9.17) is 4.74 Å². The van der Waals surface area contributed by atoms with Crippen molar-refractivity contribution >= 4 is 17.3 Å². The van der Waals surface area contributed by atoms with E-state index in [-0.39, 0.29) is 5.97 Å². The Morgan fingerprint density at radius 3 is 2.94 bits per heavy atom. The molecule has 0 saturated carbocycles. The van der Waals surface area contributed by atoms with Crippen molar-refractivity contribution in [2.75, 3.05) is 6.61 Å². The largest absolute Gasteiger partial charge is 0.461 e. The first-order chi connectivity index (χ1) is 8.72. The molecule has 18 heavy (non-hydrogen) atoms. The molecule has 0 atom stereocenters. The Hall–Kier alpha value is -1.55. The highest BCUT2D eigenvalue weighted by atomic mass is 32.1. The molecule has 0 bridgehead atoms. The standard InChI is InChI=1S/C14H17NO2S/c1-3-17-14(16)13-11(2)4-7-15(13)8-5-12-6-9-18-10-12/h4,6-7,9-10H,3,5,8H2,1-2H3. The third-order valence-corrected chi connectivity index (χ3v) is 3.59. The fraction of sp³-hybridized carbons (Fsp3) is 0.357. The van der Waals surface area contributed by atoms with Crippen LogP contribution in [0.15, 0.2) is 29.1 Å². The van der Waals surface area contributed by atoms with Crippen LogP contribution in [-0.4, -0.2) is 17.1 Å². The lowest BCUT2D eigenvalue weighted by Gasteiger charge is -2.09. The maximum atomic E-state index is 11.9. The van der Waals surface area contributed by atoms with Crippen molar-refractivity contribution in [3.63, 3.8) is 0 Å². The summed E-state index contributed by atoms with van der Waals surface area (Å²) in [6, 6.07) is 4.07. The highest BCUT2D eigenvalue weighted by molar-refractivity contribution is 7.07. The fourth-order valence-electron chi connectivity index (χ4n) is 1.93. The average Bonchev–Trinajstić information content (AvgIpc) is 2.96. The molecule has 0 aliphatic carbocycles. The monoisotopic (exact) mass is 263 g/mol. The van der Waals surface area contributed by atoms with Gasteiger partial charge in [0.25, 0.3) is 0 Å². The normalized spacial score (nSPS) is 10.6. The number of carbonyl (C=O) groups is 1. The van der Waals surface area contributed by atoms with E-state index < -0.39 is 0 Å². The van der Waals surface area contributed by atoms with Gasteiger partial charge in [0.05, 0.1) is 6.61 Å². The molecule has 0 aliphatic heterocycles. The number of nitrogens with zero attached hydrogens (tertiary/aromatic N) is 1. The average molecular weight is 263 g/mol. The minimum absolute atomic E-state index is 0.231. The molecule has 0 radical (unpaired) electrons. The molecule has 0 amide bonds. The van der Waals surface area contributed by atoms with Gasteiger partial charge in [0.1, 0.15) is 5.69 Å². The van der Waals surface area contributed by atoms with Crippen LogP contribution in [0.2, 0.25) is 0 Å². The number of ether oxygens (including phenoxy) is 1. The maximum absolute atomic E-state index is 11.9. The Morgan fingerprint density at radius 2 is 2.28 bits per heavy atom. The summed E-state index contributed by atoms with van der Waals surface area (Å²) < 4.78 is 7.06. The molecule has 0 saturated heterocycles. The summed E-state index contributed by atoms with van der Waals surface area (Å²) in [5.41, 5.74) is 2.95. The highest BCUT2D eigenvalue weighted by Crippen LogP contribution is 2.14. The van der Waals surface area contributed by atoms with Gasteiger partial charge in [0.2, 0.25) is 0 Å². The van der Waals surface area contributed by atoms with Crippen LogP contribution in [0.25, 0.3) is 0 Å². The quantitative estimate of drug-likeness (QED) is 0.775. The van der Waals surface area contributed by atoms with Crippen LogP contribution in [0.5, 0.6) is 0 Å². The van der Waals surface area contributed by atoms with Gasteiger partial charge < -0.3 is 9.30 Å². The van der Waals surface area contributed by atoms with Crippen molar-refractivity contribution in [3.8, 4) is 0 Å². The number of hydrogen-bond donors (Lipinski definition) is 0. The molecule has 4 heteroatoms. The highest BCUT2D eigenvalue weighted by Gasteiger charge is 2.15. The van der Waals surface area contributed by atoms with Crippen molar-refractivity contribution in [1.29, 1.82) is 0 Å². The second kappa shape index (κ2) is 5.87. The predicted octanol–water partition coefficient (Wildman–Crippen LogP) is 3.28. The van der Waals surface area contributed by atoms with Crippen LogP contribution in [0, 0.1) is 6.92 Å². The number of hydrogen-bond acceptors (Lipinski definition) is 3. The summed E-state index contributed by atoms with van der Waals surface area (Å²) in [6.07, 6.45) is 2.89. The third kappa shape index (κ3) is 2.82. The number of carbonyl (C=O) groups excluding carboxylic acids is 1. The van der Waals surface area contributed by atoms with Gasteiger partial charge in [-0.3, -0.25) is 0 Å². The van der Waals surface area contributed by atoms with E-state index in [2.05, 4.69) is 16.8 Å². The van der Waals surface area contributed by atoms with Crippen molar-refractivity contribution in [3.05, 3.63) is 45.9 Å². The van der Waals surface area contributed by atoms with E-state index >= 15 is 0 Å². The molecule has 3 nitrogen and oxygen atoms in total. The van der Waals surface area contributed by atoms with E-state index in [1.165, 1.54) is 5.56 Å². The molecule has 96 valence electrons. The third-order valence-electron chi connectivity index (χ3n) is 2.86. The summed E-state index contributed by atoms with van der Waals surface area (Å²) in [6.45, 7) is 4.98. The van der Waals surface area contributed by atoms with Crippen LogP contribution in [0.3, 0.4) is 0 Å². The van der Waals surface area contributed by atoms with Gasteiger partial charge in [-0.25, -0.2) is 4.79 Å². The van der Waals surface area contributed by atoms with Crippen molar-refractivity contribution < 1.29 is 9.53 Å². The lowest BCUT2D eigenvalue weighted by atomic mass is 10.2. The van der Waals surface area contributed by atoms with Gasteiger partial charge in [-0.2, -0.15) is 11.3 Å². The van der Waals surface area contributed by atoms with Gasteiger partial charge >= 0.3 is 5.97 Å². The molecule has 0 N–H and O–H groups in total. The maximum Gasteiger partial charge on any atom is 0.355 e. The summed E-state index contributed by atoms with van der Waals surface area (Å²) in [7, 11) is 0. The van der Waals surface area contributed by atoms with Gasteiger partial charge in [-0.05, 0) is 54.3 Å². The summed E-state index contributed by atoms with van der Waals surface area (Å²) in [5.74, 6) is -0.231. The van der Waals surface area contributed by atoms with Crippen molar-refractivity contribution in [2.45, 2.75) is 26.8 Å². The molecule has 0 aliphatic rings. The first-order valence-electron chi connectivity index (χ1n) is 6.06.